The normalized spacial score (nSPS) is 15.6. The number of rotatable bonds is 9. The van der Waals surface area contributed by atoms with Gasteiger partial charge < -0.3 is 15.2 Å². The van der Waals surface area contributed by atoms with E-state index < -0.39 is 0 Å². The molecule has 2 N–H and O–H groups in total. The molecular formula is C12H27NO2. The summed E-state index contributed by atoms with van der Waals surface area (Å²) in [5.74, 6) is 0.715. The lowest BCUT2D eigenvalue weighted by Crippen LogP contribution is -2.32. The molecule has 0 aliphatic rings. The van der Waals surface area contributed by atoms with Crippen LogP contribution >= 0.6 is 0 Å². The van der Waals surface area contributed by atoms with Gasteiger partial charge in [0.1, 0.15) is 0 Å². The maximum Gasteiger partial charge on any atom is 0.0591 e. The molecule has 0 aromatic rings. The standard InChI is InChI=1S/C12H27NO2/c1-10(2)5-7-15-8-6-13-11(3)9-12(4)14/h10-14H,5-9H2,1-4H3. The summed E-state index contributed by atoms with van der Waals surface area (Å²) in [5, 5.41) is 12.5. The Morgan fingerprint density at radius 1 is 1.13 bits per heavy atom. The summed E-state index contributed by atoms with van der Waals surface area (Å²) in [7, 11) is 0. The Bertz CT molecular complexity index is 138. The molecule has 0 radical (unpaired) electrons. The zero-order valence-electron chi connectivity index (χ0n) is 10.6. The van der Waals surface area contributed by atoms with Gasteiger partial charge in [-0.2, -0.15) is 0 Å². The lowest BCUT2D eigenvalue weighted by Gasteiger charge is -2.15. The molecule has 2 atom stereocenters. The van der Waals surface area contributed by atoms with Crippen molar-refractivity contribution in [2.24, 2.45) is 5.92 Å². The number of aliphatic hydroxyl groups is 1. The van der Waals surface area contributed by atoms with Crippen molar-refractivity contribution >= 4 is 0 Å². The van der Waals surface area contributed by atoms with E-state index in [1.165, 1.54) is 0 Å². The summed E-state index contributed by atoms with van der Waals surface area (Å²) in [5.41, 5.74) is 0. The van der Waals surface area contributed by atoms with Gasteiger partial charge in [-0.1, -0.05) is 13.8 Å². The van der Waals surface area contributed by atoms with Gasteiger partial charge in [-0.25, -0.2) is 0 Å². The highest BCUT2D eigenvalue weighted by Crippen LogP contribution is 1.99. The third kappa shape index (κ3) is 11.8. The van der Waals surface area contributed by atoms with Gasteiger partial charge >= 0.3 is 0 Å². The van der Waals surface area contributed by atoms with Crippen molar-refractivity contribution in [2.75, 3.05) is 19.8 Å². The highest BCUT2D eigenvalue weighted by molar-refractivity contribution is 4.63. The van der Waals surface area contributed by atoms with Crippen LogP contribution in [0, 0.1) is 5.92 Å². The molecule has 92 valence electrons. The first-order valence-corrected chi connectivity index (χ1v) is 6.01. The molecule has 0 fully saturated rings. The smallest absolute Gasteiger partial charge is 0.0591 e. The van der Waals surface area contributed by atoms with Crippen LogP contribution in [0.5, 0.6) is 0 Å². The summed E-state index contributed by atoms with van der Waals surface area (Å²) in [6.07, 6.45) is 1.70. The highest BCUT2D eigenvalue weighted by atomic mass is 16.5. The van der Waals surface area contributed by atoms with Gasteiger partial charge in [0, 0.05) is 19.2 Å². The molecule has 3 heteroatoms. The molecule has 0 aliphatic carbocycles. The second-order valence-electron chi connectivity index (χ2n) is 4.73. The van der Waals surface area contributed by atoms with Crippen LogP contribution < -0.4 is 5.32 Å². The van der Waals surface area contributed by atoms with Gasteiger partial charge in [0.05, 0.1) is 12.7 Å². The van der Waals surface area contributed by atoms with Crippen molar-refractivity contribution in [1.82, 2.24) is 5.32 Å². The Labute approximate surface area is 94.2 Å². The summed E-state index contributed by atoms with van der Waals surface area (Å²) in [4.78, 5) is 0. The Hall–Kier alpha value is -0.120. The van der Waals surface area contributed by atoms with Gasteiger partial charge in [-0.3, -0.25) is 0 Å². The first-order chi connectivity index (χ1) is 7.02. The maximum absolute atomic E-state index is 9.15. The molecule has 0 bridgehead atoms. The second-order valence-corrected chi connectivity index (χ2v) is 4.73. The molecule has 3 nitrogen and oxygen atoms in total. The molecule has 0 aromatic heterocycles. The van der Waals surface area contributed by atoms with Crippen LogP contribution in [0.15, 0.2) is 0 Å². The van der Waals surface area contributed by atoms with Gasteiger partial charge in [0.2, 0.25) is 0 Å². The lowest BCUT2D eigenvalue weighted by atomic mass is 10.1. The van der Waals surface area contributed by atoms with Gasteiger partial charge in [0.15, 0.2) is 0 Å². The topological polar surface area (TPSA) is 41.5 Å². The van der Waals surface area contributed by atoms with Gasteiger partial charge in [-0.15, -0.1) is 0 Å². The fourth-order valence-electron chi connectivity index (χ4n) is 1.39. The van der Waals surface area contributed by atoms with Crippen LogP contribution in [0.4, 0.5) is 0 Å². The summed E-state index contributed by atoms with van der Waals surface area (Å²) >= 11 is 0. The molecule has 2 unspecified atom stereocenters. The van der Waals surface area contributed by atoms with Crippen LogP contribution in [0.3, 0.4) is 0 Å². The molecule has 0 saturated carbocycles. The van der Waals surface area contributed by atoms with E-state index in [0.29, 0.717) is 12.0 Å². The second kappa shape index (κ2) is 9.13. The lowest BCUT2D eigenvalue weighted by molar-refractivity contribution is 0.120. The van der Waals surface area contributed by atoms with E-state index in [4.69, 9.17) is 9.84 Å². The van der Waals surface area contributed by atoms with Crippen molar-refractivity contribution in [3.63, 3.8) is 0 Å². The van der Waals surface area contributed by atoms with E-state index in [2.05, 4.69) is 26.1 Å². The number of aliphatic hydroxyl groups excluding tert-OH is 1. The third-order valence-corrected chi connectivity index (χ3v) is 2.27. The van der Waals surface area contributed by atoms with E-state index in [0.717, 1.165) is 32.6 Å². The van der Waals surface area contributed by atoms with Crippen LogP contribution in [0.2, 0.25) is 0 Å². The molecule has 0 amide bonds. The van der Waals surface area contributed by atoms with Gasteiger partial charge in [0.25, 0.3) is 0 Å². The average molecular weight is 217 g/mol. The van der Waals surface area contributed by atoms with Crippen molar-refractivity contribution < 1.29 is 9.84 Å². The Kier molecular flexibility index (Phi) is 9.06. The highest BCUT2D eigenvalue weighted by Gasteiger charge is 2.04. The van der Waals surface area contributed by atoms with Crippen molar-refractivity contribution in [3.8, 4) is 0 Å². The molecule has 0 saturated heterocycles. The molecule has 0 rings (SSSR count). The molecule has 0 aromatic carbocycles. The Morgan fingerprint density at radius 3 is 2.33 bits per heavy atom. The SMILES string of the molecule is CC(C)CCOCCNC(C)CC(C)O. The first kappa shape index (κ1) is 14.9. The monoisotopic (exact) mass is 217 g/mol. The number of ether oxygens (including phenoxy) is 1. The fourth-order valence-corrected chi connectivity index (χ4v) is 1.39. The van der Waals surface area contributed by atoms with Crippen molar-refractivity contribution in [3.05, 3.63) is 0 Å². The zero-order valence-corrected chi connectivity index (χ0v) is 10.6. The Morgan fingerprint density at radius 2 is 1.80 bits per heavy atom. The third-order valence-electron chi connectivity index (χ3n) is 2.27. The van der Waals surface area contributed by atoms with E-state index in [1.807, 2.05) is 6.92 Å². The van der Waals surface area contributed by atoms with E-state index in [9.17, 15) is 0 Å². The number of hydrogen-bond donors (Lipinski definition) is 2. The molecule has 0 aliphatic heterocycles. The summed E-state index contributed by atoms with van der Waals surface area (Å²) in [6, 6.07) is 0.360. The zero-order chi connectivity index (χ0) is 11.7. The van der Waals surface area contributed by atoms with Crippen LogP contribution in [0.1, 0.15) is 40.5 Å². The molecule has 0 heterocycles. The van der Waals surface area contributed by atoms with Crippen molar-refractivity contribution in [1.29, 1.82) is 0 Å². The number of hydrogen-bond acceptors (Lipinski definition) is 3. The molecule has 0 spiro atoms. The van der Waals surface area contributed by atoms with E-state index >= 15 is 0 Å². The summed E-state index contributed by atoms with van der Waals surface area (Å²) in [6.45, 7) is 10.8. The molecule has 15 heavy (non-hydrogen) atoms. The van der Waals surface area contributed by atoms with E-state index in [1.54, 1.807) is 0 Å². The largest absolute Gasteiger partial charge is 0.393 e. The fraction of sp³-hybridized carbons (Fsp3) is 1.00. The van der Waals surface area contributed by atoms with Crippen LogP contribution in [-0.4, -0.2) is 37.0 Å². The summed E-state index contributed by atoms with van der Waals surface area (Å²) < 4.78 is 5.47. The predicted molar refractivity (Wildman–Crippen MR) is 64.0 cm³/mol. The first-order valence-electron chi connectivity index (χ1n) is 6.01. The maximum atomic E-state index is 9.15. The Balaban J connectivity index is 3.16. The van der Waals surface area contributed by atoms with Crippen LogP contribution in [-0.2, 0) is 4.74 Å². The minimum Gasteiger partial charge on any atom is -0.393 e. The van der Waals surface area contributed by atoms with E-state index in [-0.39, 0.29) is 6.10 Å². The van der Waals surface area contributed by atoms with Crippen molar-refractivity contribution in [2.45, 2.75) is 52.7 Å². The minimum atomic E-state index is -0.227. The quantitative estimate of drug-likeness (QED) is 0.579. The number of nitrogens with one attached hydrogen (secondary N) is 1. The average Bonchev–Trinajstić information content (AvgIpc) is 2.09. The minimum absolute atomic E-state index is 0.227. The predicted octanol–water partition coefficient (Wildman–Crippen LogP) is 1.80. The van der Waals surface area contributed by atoms with Gasteiger partial charge in [-0.05, 0) is 32.6 Å². The van der Waals surface area contributed by atoms with Crippen LogP contribution in [0.25, 0.3) is 0 Å². The molecular weight excluding hydrogens is 190 g/mol.